The van der Waals surface area contributed by atoms with E-state index in [-0.39, 0.29) is 109 Å². The summed E-state index contributed by atoms with van der Waals surface area (Å²) in [5.74, 6) is 0. The van der Waals surface area contributed by atoms with Crippen molar-refractivity contribution in [1.82, 2.24) is 6.15 Å². The van der Waals surface area contributed by atoms with E-state index in [9.17, 15) is 25.9 Å². The summed E-state index contributed by atoms with van der Waals surface area (Å²) in [6.07, 6.45) is 0. The fourth-order valence-corrected chi connectivity index (χ4v) is 0.612. The van der Waals surface area contributed by atoms with E-state index in [4.69, 9.17) is 0 Å². The van der Waals surface area contributed by atoms with Crippen molar-refractivity contribution in [2.45, 2.75) is 0 Å². The van der Waals surface area contributed by atoms with Gasteiger partial charge in [0.15, 0.2) is 0 Å². The van der Waals surface area contributed by atoms with E-state index >= 15 is 0 Å². The van der Waals surface area contributed by atoms with Gasteiger partial charge < -0.3 is 15.3 Å². The molecule has 0 aliphatic carbocycles. The second-order valence-corrected chi connectivity index (χ2v) is 2.86. The van der Waals surface area contributed by atoms with Gasteiger partial charge in [0.1, 0.15) is 0 Å². The average Bonchev–Trinajstić information content (AvgIpc) is 1.57. The number of hydrogen-bond donors (Lipinski definition) is 1. The monoisotopic (exact) mass is 287 g/mol. The molecule has 0 saturated heterocycles. The van der Waals surface area contributed by atoms with Gasteiger partial charge in [0.05, 0.1) is 0 Å². The molecule has 0 aliphatic heterocycles. The Balaban J connectivity index is -0.000000135. The average molecular weight is 287 g/mol. The number of rotatable bonds is 3. The topological polar surface area (TPSA) is 168 Å². The summed E-state index contributed by atoms with van der Waals surface area (Å²) >= 11 is 0. The van der Waals surface area contributed by atoms with E-state index in [1.54, 1.807) is 0 Å². The van der Waals surface area contributed by atoms with Crippen molar-refractivity contribution in [2.24, 2.45) is 0 Å². The van der Waals surface area contributed by atoms with Gasteiger partial charge in [0, 0.05) is 0 Å². The molecule has 70 valence electrons. The number of hydrogen-bond acceptors (Lipinski definition) is 9. The predicted octanol–water partition coefficient (Wildman–Crippen LogP) is -7.97. The van der Waals surface area contributed by atoms with Crippen molar-refractivity contribution in [1.29, 1.82) is 0 Å². The Labute approximate surface area is 160 Å². The van der Waals surface area contributed by atoms with E-state index < -0.39 is 20.8 Å². The molecular formula is H3K2NO8S2. The molecule has 0 radical (unpaired) electrons. The first-order valence-corrected chi connectivity index (χ1v) is 4.17. The zero-order valence-corrected chi connectivity index (χ0v) is 14.7. The minimum absolute atomic E-state index is 0. The van der Waals surface area contributed by atoms with Gasteiger partial charge >= 0.3 is 103 Å². The molecule has 0 saturated carbocycles. The second-order valence-electron chi connectivity index (χ2n) is 0.953. The van der Waals surface area contributed by atoms with Crippen LogP contribution in [-0.4, -0.2) is 25.9 Å². The Morgan fingerprint density at radius 3 is 1.00 bits per heavy atom. The smallest absolute Gasteiger partial charge is 0.724 e. The van der Waals surface area contributed by atoms with Crippen molar-refractivity contribution >= 4 is 20.8 Å². The van der Waals surface area contributed by atoms with Crippen LogP contribution in [0.5, 0.6) is 0 Å². The largest absolute Gasteiger partial charge is 1.00 e. The van der Waals surface area contributed by atoms with Gasteiger partial charge in [-0.15, -0.1) is 8.67 Å². The summed E-state index contributed by atoms with van der Waals surface area (Å²) < 4.78 is 61.5. The normalized spacial score (nSPS) is 10.3. The molecule has 0 fully saturated rings. The molecule has 0 amide bonds. The van der Waals surface area contributed by atoms with Crippen LogP contribution >= 0.6 is 0 Å². The third-order valence-corrected chi connectivity index (χ3v) is 0.750. The molecule has 0 rings (SSSR count). The van der Waals surface area contributed by atoms with Crippen LogP contribution in [0.15, 0.2) is 0 Å². The molecule has 0 unspecified atom stereocenters. The van der Waals surface area contributed by atoms with E-state index in [1.807, 2.05) is 0 Å². The van der Waals surface area contributed by atoms with Crippen LogP contribution in [0.25, 0.3) is 0 Å². The molecule has 0 atom stereocenters. The molecule has 13 heavy (non-hydrogen) atoms. The quantitative estimate of drug-likeness (QED) is 0.174. The van der Waals surface area contributed by atoms with Crippen LogP contribution in [-0.2, 0) is 29.5 Å². The van der Waals surface area contributed by atoms with Crippen LogP contribution in [0.3, 0.4) is 0 Å². The molecule has 0 bridgehead atoms. The molecular weight excluding hydrogens is 284 g/mol. The molecule has 3 N–H and O–H groups in total. The Morgan fingerprint density at radius 2 is 0.923 bits per heavy atom. The van der Waals surface area contributed by atoms with Crippen molar-refractivity contribution in [2.75, 3.05) is 0 Å². The SMILES string of the molecule is N.O=S(=O)([O-])OOS(=O)(=O)[O-].[K+].[K+]. The fourth-order valence-electron chi connectivity index (χ4n) is 0.0680. The molecule has 13 heteroatoms. The third kappa shape index (κ3) is 25.3. The molecule has 0 heterocycles. The van der Waals surface area contributed by atoms with Gasteiger partial charge in [-0.25, -0.2) is 16.8 Å². The minimum Gasteiger partial charge on any atom is -0.724 e. The second kappa shape index (κ2) is 10.1. The maximum atomic E-state index is 9.37. The minimum atomic E-state index is -5.31. The summed E-state index contributed by atoms with van der Waals surface area (Å²) in [6, 6.07) is 0. The Bertz CT molecular complexity index is 256. The molecule has 0 spiro atoms. The fraction of sp³-hybridized carbons (Fsp3) is 0. The van der Waals surface area contributed by atoms with Crippen LogP contribution < -0.4 is 109 Å². The predicted molar refractivity (Wildman–Crippen MR) is 26.6 cm³/mol. The molecule has 0 aromatic heterocycles. The van der Waals surface area contributed by atoms with Crippen molar-refractivity contribution in [3.8, 4) is 0 Å². The van der Waals surface area contributed by atoms with Gasteiger partial charge in [0.2, 0.25) is 20.8 Å². The first-order valence-electron chi connectivity index (χ1n) is 1.50. The van der Waals surface area contributed by atoms with E-state index in [1.165, 1.54) is 0 Å². The van der Waals surface area contributed by atoms with E-state index in [2.05, 4.69) is 8.67 Å². The van der Waals surface area contributed by atoms with E-state index in [0.29, 0.717) is 0 Å². The van der Waals surface area contributed by atoms with Crippen molar-refractivity contribution in [3.05, 3.63) is 0 Å². The summed E-state index contributed by atoms with van der Waals surface area (Å²) in [5.41, 5.74) is 0. The summed E-state index contributed by atoms with van der Waals surface area (Å²) in [5, 5.41) is 0. The van der Waals surface area contributed by atoms with Crippen molar-refractivity contribution < 1.29 is 137 Å². The summed E-state index contributed by atoms with van der Waals surface area (Å²) in [7, 11) is -10.6. The van der Waals surface area contributed by atoms with Crippen molar-refractivity contribution in [3.63, 3.8) is 0 Å². The molecule has 0 aliphatic rings. The Kier molecular flexibility index (Phi) is 19.5. The summed E-state index contributed by atoms with van der Waals surface area (Å²) in [4.78, 5) is 0. The van der Waals surface area contributed by atoms with Crippen LogP contribution in [0.2, 0.25) is 0 Å². The first-order chi connectivity index (χ1) is 4.21. The van der Waals surface area contributed by atoms with Gasteiger partial charge in [-0.2, -0.15) is 0 Å². The van der Waals surface area contributed by atoms with Gasteiger partial charge in [-0.05, 0) is 0 Å². The van der Waals surface area contributed by atoms with Crippen LogP contribution in [0.1, 0.15) is 0 Å². The maximum absolute atomic E-state index is 9.37. The molecule has 0 aromatic carbocycles. The molecule has 9 nitrogen and oxygen atoms in total. The van der Waals surface area contributed by atoms with Crippen LogP contribution in [0, 0.1) is 0 Å². The zero-order valence-electron chi connectivity index (χ0n) is 6.79. The molecule has 0 aromatic rings. The van der Waals surface area contributed by atoms with Gasteiger partial charge in [-0.3, -0.25) is 0 Å². The first kappa shape index (κ1) is 25.0. The third-order valence-electron chi connectivity index (χ3n) is 0.194. The Morgan fingerprint density at radius 1 is 0.769 bits per heavy atom. The maximum Gasteiger partial charge on any atom is 1.00 e. The summed E-state index contributed by atoms with van der Waals surface area (Å²) in [6.45, 7) is 0. The van der Waals surface area contributed by atoms with Gasteiger partial charge in [0.25, 0.3) is 0 Å². The Hall–Kier alpha value is 2.97. The zero-order chi connectivity index (χ0) is 8.41. The van der Waals surface area contributed by atoms with E-state index in [0.717, 1.165) is 0 Å². The van der Waals surface area contributed by atoms with Gasteiger partial charge in [-0.1, -0.05) is 0 Å². The van der Waals surface area contributed by atoms with Crippen LogP contribution in [0.4, 0.5) is 0 Å². The standard InChI is InChI=1S/2K.H3N.H2O8S2/c;;;1-9(2,3)7-8-10(4,5)6/h;;1H3;(H,1,2,3)(H,4,5,6)/q2*+1;;/p-2.